The highest BCUT2D eigenvalue weighted by Gasteiger charge is 2.15. The van der Waals surface area contributed by atoms with Crippen LogP contribution in [0.1, 0.15) is 5.56 Å². The molecule has 0 bridgehead atoms. The Labute approximate surface area is 72.0 Å². The molecular weight excluding hydrogens is 152 g/mol. The highest BCUT2D eigenvalue weighted by molar-refractivity contribution is 5.56. The van der Waals surface area contributed by atoms with Crippen molar-refractivity contribution in [2.75, 3.05) is 25.1 Å². The van der Waals surface area contributed by atoms with Crippen molar-refractivity contribution in [3.63, 3.8) is 0 Å². The summed E-state index contributed by atoms with van der Waals surface area (Å²) in [6.07, 6.45) is 1.83. The summed E-state index contributed by atoms with van der Waals surface area (Å²) in [6.45, 7) is 3.72. The van der Waals surface area contributed by atoms with E-state index in [1.54, 1.807) is 0 Å². The quantitative estimate of drug-likeness (QED) is 0.576. The van der Waals surface area contributed by atoms with Crippen LogP contribution in [0.3, 0.4) is 0 Å². The lowest BCUT2D eigenvalue weighted by Gasteiger charge is -2.26. The molecular formula is C9H12N2O. The van der Waals surface area contributed by atoms with E-state index in [0.29, 0.717) is 0 Å². The van der Waals surface area contributed by atoms with E-state index in [0.717, 1.165) is 24.7 Å². The van der Waals surface area contributed by atoms with Crippen LogP contribution in [0.15, 0.2) is 12.3 Å². The molecule has 0 aromatic carbocycles. The van der Waals surface area contributed by atoms with E-state index >= 15 is 0 Å². The standard InChI is InChI=1S/C9H12N2O/c1-7-5-8-9(10-6-7)12-4-3-11(8)2/h5-6H,3-4H2,1-2H3. The van der Waals surface area contributed by atoms with Crippen molar-refractivity contribution in [3.05, 3.63) is 17.8 Å². The van der Waals surface area contributed by atoms with Crippen LogP contribution >= 0.6 is 0 Å². The summed E-state index contributed by atoms with van der Waals surface area (Å²) in [5.41, 5.74) is 2.27. The summed E-state index contributed by atoms with van der Waals surface area (Å²) >= 11 is 0. The van der Waals surface area contributed by atoms with Gasteiger partial charge in [0, 0.05) is 13.2 Å². The van der Waals surface area contributed by atoms with Gasteiger partial charge in [-0.3, -0.25) is 0 Å². The minimum Gasteiger partial charge on any atom is -0.474 e. The Bertz CT molecular complexity index is 299. The minimum absolute atomic E-state index is 0.736. The second-order valence-corrected chi connectivity index (χ2v) is 3.11. The van der Waals surface area contributed by atoms with Crippen LogP contribution < -0.4 is 9.64 Å². The predicted octanol–water partition coefficient (Wildman–Crippen LogP) is 1.22. The Morgan fingerprint density at radius 3 is 3.25 bits per heavy atom. The largest absolute Gasteiger partial charge is 0.474 e. The van der Waals surface area contributed by atoms with Gasteiger partial charge >= 0.3 is 0 Å². The summed E-state index contributed by atoms with van der Waals surface area (Å²) in [6, 6.07) is 2.10. The van der Waals surface area contributed by atoms with E-state index in [1.807, 2.05) is 13.1 Å². The Kier molecular flexibility index (Phi) is 1.64. The second kappa shape index (κ2) is 2.66. The third-order valence-electron chi connectivity index (χ3n) is 2.05. The van der Waals surface area contributed by atoms with Crippen LogP contribution in [0.4, 0.5) is 5.69 Å². The highest BCUT2D eigenvalue weighted by atomic mass is 16.5. The van der Waals surface area contributed by atoms with Crippen molar-refractivity contribution in [2.24, 2.45) is 0 Å². The van der Waals surface area contributed by atoms with Gasteiger partial charge in [0.15, 0.2) is 0 Å². The van der Waals surface area contributed by atoms with Crippen molar-refractivity contribution < 1.29 is 4.74 Å². The Morgan fingerprint density at radius 2 is 2.42 bits per heavy atom. The summed E-state index contributed by atoms with van der Waals surface area (Å²) in [4.78, 5) is 6.37. The van der Waals surface area contributed by atoms with Crippen molar-refractivity contribution in [3.8, 4) is 5.88 Å². The monoisotopic (exact) mass is 164 g/mol. The maximum absolute atomic E-state index is 5.40. The summed E-state index contributed by atoms with van der Waals surface area (Å²) in [7, 11) is 2.06. The summed E-state index contributed by atoms with van der Waals surface area (Å²) in [5, 5.41) is 0. The lowest BCUT2D eigenvalue weighted by Crippen LogP contribution is -2.29. The van der Waals surface area contributed by atoms with Crippen molar-refractivity contribution in [1.29, 1.82) is 0 Å². The maximum Gasteiger partial charge on any atom is 0.237 e. The van der Waals surface area contributed by atoms with Crippen LogP contribution in [0.5, 0.6) is 5.88 Å². The molecule has 3 nitrogen and oxygen atoms in total. The van der Waals surface area contributed by atoms with E-state index in [9.17, 15) is 0 Å². The van der Waals surface area contributed by atoms with E-state index in [1.165, 1.54) is 5.56 Å². The molecule has 1 aliphatic rings. The fraction of sp³-hybridized carbons (Fsp3) is 0.444. The first kappa shape index (κ1) is 7.40. The lowest BCUT2D eigenvalue weighted by atomic mass is 10.2. The Morgan fingerprint density at radius 1 is 1.58 bits per heavy atom. The highest BCUT2D eigenvalue weighted by Crippen LogP contribution is 2.28. The zero-order valence-electron chi connectivity index (χ0n) is 7.37. The number of rotatable bonds is 0. The number of likely N-dealkylation sites (N-methyl/N-ethyl adjacent to an activating group) is 1. The molecule has 0 fully saturated rings. The molecule has 1 aliphatic heterocycles. The van der Waals surface area contributed by atoms with E-state index in [2.05, 4.69) is 23.0 Å². The third-order valence-corrected chi connectivity index (χ3v) is 2.05. The molecule has 0 N–H and O–H groups in total. The van der Waals surface area contributed by atoms with Crippen LogP contribution in [0.25, 0.3) is 0 Å². The molecule has 0 radical (unpaired) electrons. The van der Waals surface area contributed by atoms with Crippen LogP contribution in [0.2, 0.25) is 0 Å². The van der Waals surface area contributed by atoms with Crippen LogP contribution in [-0.2, 0) is 0 Å². The zero-order valence-corrected chi connectivity index (χ0v) is 7.37. The molecule has 2 heterocycles. The van der Waals surface area contributed by atoms with Gasteiger partial charge < -0.3 is 9.64 Å². The van der Waals surface area contributed by atoms with Gasteiger partial charge in [-0.05, 0) is 18.6 Å². The molecule has 2 rings (SSSR count). The number of fused-ring (bicyclic) bond motifs is 1. The normalized spacial score (nSPS) is 15.3. The predicted molar refractivity (Wildman–Crippen MR) is 47.7 cm³/mol. The Balaban J connectivity index is 2.47. The molecule has 3 heteroatoms. The summed E-state index contributed by atoms with van der Waals surface area (Å²) in [5.74, 6) is 0.759. The second-order valence-electron chi connectivity index (χ2n) is 3.11. The number of ether oxygens (including phenoxy) is 1. The number of hydrogen-bond donors (Lipinski definition) is 0. The molecule has 1 aromatic rings. The van der Waals surface area contributed by atoms with Crippen LogP contribution in [-0.4, -0.2) is 25.2 Å². The van der Waals surface area contributed by atoms with Gasteiger partial charge in [0.05, 0.1) is 12.2 Å². The zero-order chi connectivity index (χ0) is 8.55. The first-order chi connectivity index (χ1) is 5.77. The molecule has 0 unspecified atom stereocenters. The number of aryl methyl sites for hydroxylation is 1. The van der Waals surface area contributed by atoms with Crippen molar-refractivity contribution in [1.82, 2.24) is 4.98 Å². The topological polar surface area (TPSA) is 25.4 Å². The van der Waals surface area contributed by atoms with Crippen LogP contribution in [0, 0.1) is 6.92 Å². The lowest BCUT2D eigenvalue weighted by molar-refractivity contribution is 0.298. The SMILES string of the molecule is Cc1cnc2c(c1)N(C)CCO2. The number of anilines is 1. The molecule has 0 atom stereocenters. The van der Waals surface area contributed by atoms with Gasteiger partial charge in [-0.1, -0.05) is 0 Å². The molecule has 12 heavy (non-hydrogen) atoms. The Hall–Kier alpha value is -1.25. The van der Waals surface area contributed by atoms with Gasteiger partial charge in [0.1, 0.15) is 6.61 Å². The fourth-order valence-corrected chi connectivity index (χ4v) is 1.33. The van der Waals surface area contributed by atoms with Gasteiger partial charge in [0.25, 0.3) is 0 Å². The average Bonchev–Trinajstić information content (AvgIpc) is 2.07. The molecule has 64 valence electrons. The smallest absolute Gasteiger partial charge is 0.237 e. The average molecular weight is 164 g/mol. The summed E-state index contributed by atoms with van der Waals surface area (Å²) < 4.78 is 5.40. The number of hydrogen-bond acceptors (Lipinski definition) is 3. The van der Waals surface area contributed by atoms with Gasteiger partial charge in [-0.15, -0.1) is 0 Å². The molecule has 0 saturated carbocycles. The number of aromatic nitrogens is 1. The van der Waals surface area contributed by atoms with Gasteiger partial charge in [0.2, 0.25) is 5.88 Å². The maximum atomic E-state index is 5.40. The molecule has 0 aliphatic carbocycles. The van der Waals surface area contributed by atoms with E-state index in [-0.39, 0.29) is 0 Å². The number of nitrogens with zero attached hydrogens (tertiary/aromatic N) is 2. The third kappa shape index (κ3) is 1.11. The first-order valence-electron chi connectivity index (χ1n) is 4.08. The fourth-order valence-electron chi connectivity index (χ4n) is 1.33. The molecule has 0 saturated heterocycles. The molecule has 0 amide bonds. The van der Waals surface area contributed by atoms with E-state index in [4.69, 9.17) is 4.74 Å². The van der Waals surface area contributed by atoms with Crippen molar-refractivity contribution in [2.45, 2.75) is 6.92 Å². The number of pyridine rings is 1. The van der Waals surface area contributed by atoms with Gasteiger partial charge in [-0.2, -0.15) is 0 Å². The molecule has 0 spiro atoms. The van der Waals surface area contributed by atoms with E-state index < -0.39 is 0 Å². The first-order valence-corrected chi connectivity index (χ1v) is 4.08. The van der Waals surface area contributed by atoms with Crippen molar-refractivity contribution >= 4 is 5.69 Å². The molecule has 1 aromatic heterocycles. The minimum atomic E-state index is 0.736. The van der Waals surface area contributed by atoms with Gasteiger partial charge in [-0.25, -0.2) is 4.98 Å².